The Morgan fingerprint density at radius 1 is 1.19 bits per heavy atom. The molecule has 26 heavy (non-hydrogen) atoms. The Balaban J connectivity index is 1.69. The molecule has 5 heteroatoms. The summed E-state index contributed by atoms with van der Waals surface area (Å²) < 4.78 is 10.2. The number of benzene rings is 2. The summed E-state index contributed by atoms with van der Waals surface area (Å²) in [5, 5.41) is 1.02. The summed E-state index contributed by atoms with van der Waals surface area (Å²) in [5.74, 6) is -0.497. The molecule has 5 nitrogen and oxygen atoms in total. The van der Waals surface area contributed by atoms with E-state index in [0.29, 0.717) is 18.5 Å². The molecule has 3 aromatic rings. The Labute approximate surface area is 151 Å². The van der Waals surface area contributed by atoms with Crippen LogP contribution in [0, 0.1) is 0 Å². The van der Waals surface area contributed by atoms with Gasteiger partial charge in [0, 0.05) is 17.5 Å². The van der Waals surface area contributed by atoms with Gasteiger partial charge in [-0.1, -0.05) is 25.1 Å². The zero-order chi connectivity index (χ0) is 18.3. The van der Waals surface area contributed by atoms with E-state index in [1.807, 2.05) is 49.4 Å². The van der Waals surface area contributed by atoms with Crippen molar-refractivity contribution in [1.29, 1.82) is 0 Å². The minimum atomic E-state index is -0.550. The van der Waals surface area contributed by atoms with E-state index in [2.05, 4.69) is 0 Å². The zero-order valence-corrected chi connectivity index (χ0v) is 14.7. The van der Waals surface area contributed by atoms with Crippen molar-refractivity contribution in [2.45, 2.75) is 25.9 Å². The molecule has 1 amide bonds. The summed E-state index contributed by atoms with van der Waals surface area (Å²) in [7, 11) is 1.35. The van der Waals surface area contributed by atoms with Crippen molar-refractivity contribution in [3.8, 4) is 11.1 Å². The summed E-state index contributed by atoms with van der Waals surface area (Å²) in [6.45, 7) is 2.31. The fourth-order valence-electron chi connectivity index (χ4n) is 3.55. The molecule has 0 aliphatic carbocycles. The number of nitrogens with zero attached hydrogens (tertiary/aromatic N) is 1. The molecule has 4 rings (SSSR count). The van der Waals surface area contributed by atoms with Crippen LogP contribution >= 0.6 is 0 Å². The van der Waals surface area contributed by atoms with Crippen LogP contribution < -0.4 is 0 Å². The molecule has 1 aromatic heterocycles. The maximum Gasteiger partial charge on any atom is 0.328 e. The molecule has 0 saturated carbocycles. The second-order valence-corrected chi connectivity index (χ2v) is 6.43. The monoisotopic (exact) mass is 349 g/mol. The predicted octanol–water partition coefficient (Wildman–Crippen LogP) is 4.01. The molecule has 132 valence electrons. The summed E-state index contributed by atoms with van der Waals surface area (Å²) in [6.07, 6.45) is 2.19. The summed E-state index contributed by atoms with van der Waals surface area (Å²) in [5.41, 5.74) is 4.41. The van der Waals surface area contributed by atoms with E-state index in [1.165, 1.54) is 7.11 Å². The smallest absolute Gasteiger partial charge is 0.328 e. The highest BCUT2D eigenvalue weighted by Crippen LogP contribution is 2.31. The Morgan fingerprint density at radius 3 is 2.73 bits per heavy atom. The third kappa shape index (κ3) is 2.56. The average Bonchev–Trinajstić information content (AvgIpc) is 3.26. The van der Waals surface area contributed by atoms with Gasteiger partial charge in [0.15, 0.2) is 0 Å². The van der Waals surface area contributed by atoms with Gasteiger partial charge in [0.1, 0.15) is 11.6 Å². The molecule has 0 saturated heterocycles. The number of ether oxygens (including phenoxy) is 1. The normalized spacial score (nSPS) is 14.5. The highest BCUT2D eigenvalue weighted by molar-refractivity contribution is 6.01. The van der Waals surface area contributed by atoms with Crippen molar-refractivity contribution in [3.05, 3.63) is 59.9 Å². The first kappa shape index (κ1) is 16.4. The lowest BCUT2D eigenvalue weighted by Gasteiger charge is -2.24. The van der Waals surface area contributed by atoms with Gasteiger partial charge in [-0.05, 0) is 47.4 Å². The molecule has 0 radical (unpaired) electrons. The van der Waals surface area contributed by atoms with Crippen LogP contribution in [0.3, 0.4) is 0 Å². The number of fused-ring (bicyclic) bond motifs is 2. The SMILES string of the molecule is CCC(C(=O)OC)N1Cc2ccc(-c3ccc4occc4c3)cc2C1=O. The van der Waals surface area contributed by atoms with Gasteiger partial charge in [0.05, 0.1) is 13.4 Å². The first-order valence-electron chi connectivity index (χ1n) is 8.61. The van der Waals surface area contributed by atoms with E-state index in [-0.39, 0.29) is 11.9 Å². The minimum Gasteiger partial charge on any atom is -0.467 e. The molecular weight excluding hydrogens is 330 g/mol. The highest BCUT2D eigenvalue weighted by Gasteiger charge is 2.36. The van der Waals surface area contributed by atoms with Crippen LogP contribution in [0.15, 0.2) is 53.1 Å². The fraction of sp³-hybridized carbons (Fsp3) is 0.238. The number of furan rings is 1. The van der Waals surface area contributed by atoms with Crippen LogP contribution in [-0.2, 0) is 16.1 Å². The molecule has 1 atom stereocenters. The van der Waals surface area contributed by atoms with Gasteiger partial charge in [-0.2, -0.15) is 0 Å². The van der Waals surface area contributed by atoms with Gasteiger partial charge < -0.3 is 14.1 Å². The molecule has 0 spiro atoms. The van der Waals surface area contributed by atoms with Crippen LogP contribution in [0.4, 0.5) is 0 Å². The van der Waals surface area contributed by atoms with Crippen molar-refractivity contribution in [3.63, 3.8) is 0 Å². The Kier molecular flexibility index (Phi) is 3.99. The van der Waals surface area contributed by atoms with Crippen molar-refractivity contribution in [2.24, 2.45) is 0 Å². The number of carbonyl (C=O) groups is 2. The number of hydrogen-bond acceptors (Lipinski definition) is 4. The Morgan fingerprint density at radius 2 is 1.96 bits per heavy atom. The maximum absolute atomic E-state index is 12.9. The van der Waals surface area contributed by atoms with Gasteiger partial charge in [0.25, 0.3) is 5.91 Å². The number of hydrogen-bond donors (Lipinski definition) is 0. The lowest BCUT2D eigenvalue weighted by molar-refractivity contribution is -0.146. The van der Waals surface area contributed by atoms with E-state index >= 15 is 0 Å². The zero-order valence-electron chi connectivity index (χ0n) is 14.7. The van der Waals surface area contributed by atoms with E-state index in [1.54, 1.807) is 11.2 Å². The number of methoxy groups -OCH3 is 1. The number of amides is 1. The molecule has 1 unspecified atom stereocenters. The Hall–Kier alpha value is -3.08. The van der Waals surface area contributed by atoms with Crippen molar-refractivity contribution >= 4 is 22.8 Å². The third-order valence-corrected chi connectivity index (χ3v) is 4.96. The second kappa shape index (κ2) is 6.33. The van der Waals surface area contributed by atoms with Crippen molar-refractivity contribution in [2.75, 3.05) is 7.11 Å². The number of carbonyl (C=O) groups excluding carboxylic acids is 2. The van der Waals surface area contributed by atoms with Crippen LogP contribution in [0.5, 0.6) is 0 Å². The molecule has 1 aliphatic heterocycles. The number of rotatable bonds is 4. The summed E-state index contributed by atoms with van der Waals surface area (Å²) in [6, 6.07) is 13.2. The molecule has 2 heterocycles. The van der Waals surface area contributed by atoms with Crippen LogP contribution in [-0.4, -0.2) is 29.9 Å². The number of esters is 1. The molecule has 1 aliphatic rings. The Bertz CT molecular complexity index is 1000. The van der Waals surface area contributed by atoms with Crippen molar-refractivity contribution in [1.82, 2.24) is 4.90 Å². The maximum atomic E-state index is 12.9. The summed E-state index contributed by atoms with van der Waals surface area (Å²) in [4.78, 5) is 26.5. The van der Waals surface area contributed by atoms with Gasteiger partial charge in [-0.15, -0.1) is 0 Å². The first-order valence-corrected chi connectivity index (χ1v) is 8.61. The molecule has 0 fully saturated rings. The standard InChI is InChI=1S/C21H19NO4/c1-3-18(21(24)25-2)22-12-16-5-4-14(11-17(16)20(22)23)13-6-7-19-15(10-13)8-9-26-19/h4-11,18H,3,12H2,1-2H3. The van der Waals surface area contributed by atoms with Gasteiger partial charge in [0.2, 0.25) is 0 Å². The molecule has 0 N–H and O–H groups in total. The minimum absolute atomic E-state index is 0.122. The molecular formula is C21H19NO4. The largest absolute Gasteiger partial charge is 0.467 e. The third-order valence-electron chi connectivity index (χ3n) is 4.96. The topological polar surface area (TPSA) is 59.8 Å². The van der Waals surface area contributed by atoms with Gasteiger partial charge in [-0.3, -0.25) is 4.79 Å². The van der Waals surface area contributed by atoms with E-state index in [4.69, 9.17) is 9.15 Å². The van der Waals surface area contributed by atoms with Gasteiger partial charge in [-0.25, -0.2) is 4.79 Å². The predicted molar refractivity (Wildman–Crippen MR) is 97.6 cm³/mol. The fourth-order valence-corrected chi connectivity index (χ4v) is 3.55. The van der Waals surface area contributed by atoms with Crippen molar-refractivity contribution < 1.29 is 18.7 Å². The quantitative estimate of drug-likeness (QED) is 0.668. The van der Waals surface area contributed by atoms with Gasteiger partial charge >= 0.3 is 5.97 Å². The van der Waals surface area contributed by atoms with Crippen LogP contribution in [0.2, 0.25) is 0 Å². The lowest BCUT2D eigenvalue weighted by atomic mass is 9.99. The second-order valence-electron chi connectivity index (χ2n) is 6.43. The highest BCUT2D eigenvalue weighted by atomic mass is 16.5. The van der Waals surface area contributed by atoms with E-state index < -0.39 is 6.04 Å². The molecule has 2 aromatic carbocycles. The van der Waals surface area contributed by atoms with E-state index in [9.17, 15) is 9.59 Å². The summed E-state index contributed by atoms with van der Waals surface area (Å²) >= 11 is 0. The molecule has 0 bridgehead atoms. The van der Waals surface area contributed by atoms with Crippen LogP contribution in [0.25, 0.3) is 22.1 Å². The van der Waals surface area contributed by atoms with E-state index in [0.717, 1.165) is 27.7 Å². The lowest BCUT2D eigenvalue weighted by Crippen LogP contribution is -2.41. The average molecular weight is 349 g/mol. The van der Waals surface area contributed by atoms with Crippen LogP contribution in [0.1, 0.15) is 29.3 Å². The first-order chi connectivity index (χ1) is 12.6.